The van der Waals surface area contributed by atoms with Gasteiger partial charge < -0.3 is 5.32 Å². The average molecular weight is 268 g/mol. The van der Waals surface area contributed by atoms with Gasteiger partial charge in [0.25, 0.3) is 0 Å². The number of unbranched alkanes of at least 4 members (excludes halogenated alkanes) is 1. The molecule has 0 aromatic carbocycles. The monoisotopic (exact) mass is 267 g/mol. The number of nitrogens with one attached hydrogen (secondary N) is 1. The summed E-state index contributed by atoms with van der Waals surface area (Å²) >= 11 is 0. The molecule has 1 rings (SSSR count). The van der Waals surface area contributed by atoms with E-state index >= 15 is 0 Å². The lowest BCUT2D eigenvalue weighted by Crippen LogP contribution is -2.33. The van der Waals surface area contributed by atoms with E-state index in [9.17, 15) is 0 Å². The smallest absolute Gasteiger partial charge is 0.00672 e. The topological polar surface area (TPSA) is 12.0 Å². The van der Waals surface area contributed by atoms with E-state index in [1.165, 1.54) is 64.3 Å². The van der Waals surface area contributed by atoms with Crippen LogP contribution in [0.2, 0.25) is 0 Å². The Morgan fingerprint density at radius 3 is 2.47 bits per heavy atom. The normalized spacial score (nSPS) is 26.4. The van der Waals surface area contributed by atoms with Gasteiger partial charge in [0, 0.05) is 6.04 Å². The molecule has 19 heavy (non-hydrogen) atoms. The quantitative estimate of drug-likeness (QED) is 0.581. The summed E-state index contributed by atoms with van der Waals surface area (Å²) in [7, 11) is 0. The highest BCUT2D eigenvalue weighted by molar-refractivity contribution is 4.77. The second-order valence-corrected chi connectivity index (χ2v) is 7.03. The van der Waals surface area contributed by atoms with Gasteiger partial charge in [0.1, 0.15) is 0 Å². The largest absolute Gasteiger partial charge is 0.314 e. The molecular weight excluding hydrogens is 230 g/mol. The Kier molecular flexibility index (Phi) is 8.77. The van der Waals surface area contributed by atoms with Crippen LogP contribution in [0.3, 0.4) is 0 Å². The van der Waals surface area contributed by atoms with Crippen molar-refractivity contribution >= 4 is 0 Å². The molecular formula is C18H37N. The zero-order valence-corrected chi connectivity index (χ0v) is 13.9. The summed E-state index contributed by atoms with van der Waals surface area (Å²) in [5.41, 5.74) is 0. The van der Waals surface area contributed by atoms with Crippen molar-refractivity contribution in [3.05, 3.63) is 0 Å². The van der Waals surface area contributed by atoms with Gasteiger partial charge in [0.05, 0.1) is 0 Å². The van der Waals surface area contributed by atoms with Gasteiger partial charge in [-0.05, 0) is 50.0 Å². The van der Waals surface area contributed by atoms with E-state index in [4.69, 9.17) is 0 Å². The molecule has 3 atom stereocenters. The molecule has 0 aromatic rings. The Balaban J connectivity index is 2.25. The number of rotatable bonds is 8. The molecule has 1 N–H and O–H groups in total. The van der Waals surface area contributed by atoms with Gasteiger partial charge >= 0.3 is 0 Å². The molecule has 1 aliphatic rings. The standard InChI is InChI=1S/C18H37N/c1-5-7-9-16(6-2)14-19-18-11-8-10-17(12-13-18)15(3)4/h15-19H,5-14H2,1-4H3. The zero-order chi connectivity index (χ0) is 14.1. The van der Waals surface area contributed by atoms with Crippen molar-refractivity contribution in [2.45, 2.75) is 91.5 Å². The summed E-state index contributed by atoms with van der Waals surface area (Å²) in [6, 6.07) is 0.805. The van der Waals surface area contributed by atoms with Crippen molar-refractivity contribution < 1.29 is 0 Å². The average Bonchev–Trinajstić information content (AvgIpc) is 2.64. The van der Waals surface area contributed by atoms with Gasteiger partial charge in [-0.1, -0.05) is 59.8 Å². The van der Waals surface area contributed by atoms with Crippen molar-refractivity contribution in [1.29, 1.82) is 0 Å². The van der Waals surface area contributed by atoms with Crippen LogP contribution in [-0.2, 0) is 0 Å². The first-order valence-electron chi connectivity index (χ1n) is 8.90. The van der Waals surface area contributed by atoms with Crippen LogP contribution in [0.25, 0.3) is 0 Å². The second kappa shape index (κ2) is 9.80. The summed E-state index contributed by atoms with van der Waals surface area (Å²) in [6.07, 6.45) is 12.7. The van der Waals surface area contributed by atoms with Gasteiger partial charge in [-0.25, -0.2) is 0 Å². The van der Waals surface area contributed by atoms with E-state index in [-0.39, 0.29) is 0 Å². The van der Waals surface area contributed by atoms with Crippen molar-refractivity contribution in [3.63, 3.8) is 0 Å². The lowest BCUT2D eigenvalue weighted by molar-refractivity contribution is 0.332. The third kappa shape index (κ3) is 6.79. The van der Waals surface area contributed by atoms with Crippen LogP contribution in [0.5, 0.6) is 0 Å². The van der Waals surface area contributed by atoms with Crippen LogP contribution < -0.4 is 5.32 Å². The third-order valence-corrected chi connectivity index (χ3v) is 5.19. The van der Waals surface area contributed by atoms with Crippen molar-refractivity contribution in [1.82, 2.24) is 5.32 Å². The summed E-state index contributed by atoms with van der Waals surface area (Å²) in [4.78, 5) is 0. The molecule has 0 aliphatic heterocycles. The molecule has 1 heteroatoms. The molecule has 1 fully saturated rings. The fourth-order valence-electron chi connectivity index (χ4n) is 3.48. The molecule has 0 spiro atoms. The van der Waals surface area contributed by atoms with E-state index in [1.807, 2.05) is 0 Å². The summed E-state index contributed by atoms with van der Waals surface area (Å²) < 4.78 is 0. The zero-order valence-electron chi connectivity index (χ0n) is 13.9. The molecule has 1 aliphatic carbocycles. The Hall–Kier alpha value is -0.0400. The van der Waals surface area contributed by atoms with Gasteiger partial charge in [0.15, 0.2) is 0 Å². The third-order valence-electron chi connectivity index (χ3n) is 5.19. The molecule has 0 radical (unpaired) electrons. The van der Waals surface area contributed by atoms with Crippen molar-refractivity contribution in [2.24, 2.45) is 17.8 Å². The Bertz CT molecular complexity index is 212. The van der Waals surface area contributed by atoms with E-state index in [1.54, 1.807) is 0 Å². The molecule has 0 amide bonds. The first kappa shape index (κ1) is 17.0. The van der Waals surface area contributed by atoms with Crippen LogP contribution in [0, 0.1) is 17.8 Å². The molecule has 1 nitrogen and oxygen atoms in total. The predicted octanol–water partition coefficient (Wildman–Crippen LogP) is 5.40. The van der Waals surface area contributed by atoms with E-state index < -0.39 is 0 Å². The molecule has 0 aromatic heterocycles. The van der Waals surface area contributed by atoms with Crippen LogP contribution in [0.4, 0.5) is 0 Å². The highest BCUT2D eigenvalue weighted by Crippen LogP contribution is 2.29. The molecule has 0 heterocycles. The Morgan fingerprint density at radius 2 is 1.84 bits per heavy atom. The van der Waals surface area contributed by atoms with Gasteiger partial charge in [-0.2, -0.15) is 0 Å². The van der Waals surface area contributed by atoms with Crippen LogP contribution >= 0.6 is 0 Å². The Morgan fingerprint density at radius 1 is 1.05 bits per heavy atom. The summed E-state index contributed by atoms with van der Waals surface area (Å²) in [5, 5.41) is 3.88. The molecule has 114 valence electrons. The number of hydrogen-bond acceptors (Lipinski definition) is 1. The minimum atomic E-state index is 0.805. The van der Waals surface area contributed by atoms with Gasteiger partial charge in [-0.3, -0.25) is 0 Å². The first-order valence-corrected chi connectivity index (χ1v) is 8.90. The fourth-order valence-corrected chi connectivity index (χ4v) is 3.48. The highest BCUT2D eigenvalue weighted by atomic mass is 14.9. The maximum atomic E-state index is 3.88. The second-order valence-electron chi connectivity index (χ2n) is 7.03. The van der Waals surface area contributed by atoms with Crippen LogP contribution in [0.15, 0.2) is 0 Å². The van der Waals surface area contributed by atoms with Crippen molar-refractivity contribution in [2.75, 3.05) is 6.54 Å². The number of hydrogen-bond donors (Lipinski definition) is 1. The predicted molar refractivity (Wildman–Crippen MR) is 86.5 cm³/mol. The Labute approximate surface area is 121 Å². The molecule has 3 unspecified atom stereocenters. The minimum absolute atomic E-state index is 0.805. The highest BCUT2D eigenvalue weighted by Gasteiger charge is 2.21. The SMILES string of the molecule is CCCCC(CC)CNC1CCCC(C(C)C)CC1. The molecule has 1 saturated carbocycles. The first-order chi connectivity index (χ1) is 9.17. The van der Waals surface area contributed by atoms with Crippen molar-refractivity contribution in [3.8, 4) is 0 Å². The van der Waals surface area contributed by atoms with Gasteiger partial charge in [-0.15, -0.1) is 0 Å². The molecule has 0 saturated heterocycles. The molecule has 0 bridgehead atoms. The lowest BCUT2D eigenvalue weighted by atomic mass is 9.89. The fraction of sp³-hybridized carbons (Fsp3) is 1.00. The lowest BCUT2D eigenvalue weighted by Gasteiger charge is -2.22. The van der Waals surface area contributed by atoms with E-state index in [0.717, 1.165) is 23.8 Å². The van der Waals surface area contributed by atoms with Crippen LogP contribution in [0.1, 0.15) is 85.5 Å². The van der Waals surface area contributed by atoms with E-state index in [0.29, 0.717) is 0 Å². The van der Waals surface area contributed by atoms with E-state index in [2.05, 4.69) is 33.0 Å². The maximum Gasteiger partial charge on any atom is 0.00672 e. The summed E-state index contributed by atoms with van der Waals surface area (Å²) in [6.45, 7) is 10.7. The minimum Gasteiger partial charge on any atom is -0.314 e. The van der Waals surface area contributed by atoms with Crippen LogP contribution in [-0.4, -0.2) is 12.6 Å². The van der Waals surface area contributed by atoms with Gasteiger partial charge in [0.2, 0.25) is 0 Å². The maximum absolute atomic E-state index is 3.88. The summed E-state index contributed by atoms with van der Waals surface area (Å²) in [5.74, 6) is 2.77.